The van der Waals surface area contributed by atoms with E-state index in [9.17, 15) is 18.0 Å². The van der Waals surface area contributed by atoms with Crippen LogP contribution in [0.25, 0.3) is 0 Å². The third kappa shape index (κ3) is 5.81. The molecule has 0 amide bonds. The molecule has 1 aliphatic rings. The predicted molar refractivity (Wildman–Crippen MR) is 94.9 cm³/mol. The van der Waals surface area contributed by atoms with Crippen LogP contribution in [0.5, 0.6) is 0 Å². The number of benzene rings is 1. The van der Waals surface area contributed by atoms with E-state index >= 15 is 0 Å². The van der Waals surface area contributed by atoms with Crippen molar-refractivity contribution in [3.63, 3.8) is 0 Å². The van der Waals surface area contributed by atoms with Crippen LogP contribution in [0.15, 0.2) is 29.2 Å². The van der Waals surface area contributed by atoms with Gasteiger partial charge in [0.1, 0.15) is 0 Å². The fourth-order valence-electron chi connectivity index (χ4n) is 2.66. The summed E-state index contributed by atoms with van der Waals surface area (Å²) in [7, 11) is -3.42. The van der Waals surface area contributed by atoms with Crippen molar-refractivity contribution >= 4 is 22.0 Å². The molecule has 1 heterocycles. The summed E-state index contributed by atoms with van der Waals surface area (Å²) in [6.07, 6.45) is 2.04. The Kier molecular flexibility index (Phi) is 7.16. The summed E-state index contributed by atoms with van der Waals surface area (Å²) in [6.45, 7) is 4.16. The van der Waals surface area contributed by atoms with Gasteiger partial charge in [-0.15, -0.1) is 0 Å². The van der Waals surface area contributed by atoms with Gasteiger partial charge in [-0.3, -0.25) is 4.79 Å². The van der Waals surface area contributed by atoms with Gasteiger partial charge in [0.15, 0.2) is 6.61 Å². The average molecular weight is 383 g/mol. The van der Waals surface area contributed by atoms with Crippen molar-refractivity contribution in [1.82, 2.24) is 4.31 Å². The lowest BCUT2D eigenvalue weighted by atomic mass is 10.1. The maximum absolute atomic E-state index is 12.4. The third-order valence-corrected chi connectivity index (χ3v) is 5.87. The van der Waals surface area contributed by atoms with Gasteiger partial charge in [-0.1, -0.05) is 12.1 Å². The molecule has 26 heavy (non-hydrogen) atoms. The number of hydrogen-bond acceptors (Lipinski definition) is 6. The second kappa shape index (κ2) is 9.14. The second-order valence-electron chi connectivity index (χ2n) is 6.45. The molecule has 144 valence electrons. The summed E-state index contributed by atoms with van der Waals surface area (Å²) in [4.78, 5) is 23.3. The van der Waals surface area contributed by atoms with Crippen molar-refractivity contribution in [2.45, 2.75) is 50.5 Å². The van der Waals surface area contributed by atoms with Gasteiger partial charge in [0.2, 0.25) is 10.0 Å². The van der Waals surface area contributed by atoms with E-state index in [2.05, 4.69) is 0 Å². The van der Waals surface area contributed by atoms with E-state index in [1.807, 2.05) is 0 Å². The number of sulfonamides is 1. The quantitative estimate of drug-likeness (QED) is 0.637. The van der Waals surface area contributed by atoms with Crippen LogP contribution in [-0.2, 0) is 35.5 Å². The number of esters is 2. The van der Waals surface area contributed by atoms with Crippen LogP contribution in [0.4, 0.5) is 0 Å². The van der Waals surface area contributed by atoms with Crippen LogP contribution >= 0.6 is 0 Å². The van der Waals surface area contributed by atoms with Crippen molar-refractivity contribution in [3.8, 4) is 0 Å². The predicted octanol–water partition coefficient (Wildman–Crippen LogP) is 1.90. The third-order valence-electron chi connectivity index (χ3n) is 3.96. The Morgan fingerprint density at radius 3 is 2.27 bits per heavy atom. The van der Waals surface area contributed by atoms with Crippen molar-refractivity contribution < 1.29 is 27.5 Å². The van der Waals surface area contributed by atoms with Crippen molar-refractivity contribution in [1.29, 1.82) is 0 Å². The zero-order valence-electron chi connectivity index (χ0n) is 15.1. The van der Waals surface area contributed by atoms with Crippen LogP contribution in [0, 0.1) is 0 Å². The number of nitrogens with zero attached hydrogens (tertiary/aromatic N) is 1. The van der Waals surface area contributed by atoms with Gasteiger partial charge in [-0.05, 0) is 50.8 Å². The molecular weight excluding hydrogens is 358 g/mol. The first-order valence-electron chi connectivity index (χ1n) is 8.73. The largest absolute Gasteiger partial charge is 0.460 e. The first-order chi connectivity index (χ1) is 12.3. The molecular formula is C18H25NO6S. The van der Waals surface area contributed by atoms with Gasteiger partial charge in [-0.25, -0.2) is 13.2 Å². The molecule has 0 aliphatic carbocycles. The minimum Gasteiger partial charge on any atom is -0.460 e. The van der Waals surface area contributed by atoms with E-state index in [1.165, 1.54) is 4.31 Å². The molecule has 0 aromatic heterocycles. The van der Waals surface area contributed by atoms with E-state index < -0.39 is 28.6 Å². The zero-order valence-corrected chi connectivity index (χ0v) is 16.0. The summed E-state index contributed by atoms with van der Waals surface area (Å²) in [5.74, 6) is -1.08. The molecule has 2 rings (SSSR count). The minimum atomic E-state index is -3.42. The Balaban J connectivity index is 1.82. The highest BCUT2D eigenvalue weighted by atomic mass is 32.2. The molecule has 0 saturated carbocycles. The van der Waals surface area contributed by atoms with Crippen LogP contribution in [-0.4, -0.2) is 50.5 Å². The topological polar surface area (TPSA) is 90.0 Å². The number of carbonyl (C=O) groups is 2. The molecule has 1 aromatic carbocycles. The van der Waals surface area contributed by atoms with Crippen LogP contribution < -0.4 is 0 Å². The number of ether oxygens (including phenoxy) is 2. The molecule has 0 radical (unpaired) electrons. The van der Waals surface area contributed by atoms with Gasteiger partial charge in [-0.2, -0.15) is 4.31 Å². The SMILES string of the molecule is CC(C)OC(=O)COC(=O)CCc1ccc(S(=O)(=O)N2CCCC2)cc1. The van der Waals surface area contributed by atoms with Crippen molar-refractivity contribution in [2.75, 3.05) is 19.7 Å². The first kappa shape index (κ1) is 20.4. The number of aryl methyl sites for hydroxylation is 1. The molecule has 0 N–H and O–H groups in total. The Bertz CT molecular complexity index is 721. The van der Waals surface area contributed by atoms with E-state index in [-0.39, 0.29) is 17.4 Å². The molecule has 0 bridgehead atoms. The maximum Gasteiger partial charge on any atom is 0.344 e. The molecule has 8 heteroatoms. The number of hydrogen-bond donors (Lipinski definition) is 0. The molecule has 1 aromatic rings. The lowest BCUT2D eigenvalue weighted by Gasteiger charge is -2.15. The van der Waals surface area contributed by atoms with E-state index in [0.717, 1.165) is 18.4 Å². The Hall–Kier alpha value is -1.93. The van der Waals surface area contributed by atoms with Crippen molar-refractivity contribution in [2.24, 2.45) is 0 Å². The lowest BCUT2D eigenvalue weighted by Crippen LogP contribution is -2.27. The average Bonchev–Trinajstić information content (AvgIpc) is 3.13. The summed E-state index contributed by atoms with van der Waals surface area (Å²) >= 11 is 0. The minimum absolute atomic E-state index is 0.104. The monoisotopic (exact) mass is 383 g/mol. The van der Waals surface area contributed by atoms with Gasteiger partial charge < -0.3 is 9.47 Å². The van der Waals surface area contributed by atoms with Gasteiger partial charge >= 0.3 is 11.9 Å². The standard InChI is InChI=1S/C18H25NO6S/c1-14(2)25-18(21)13-24-17(20)10-7-15-5-8-16(9-6-15)26(22,23)19-11-3-4-12-19/h5-6,8-9,14H,3-4,7,10-13H2,1-2H3. The van der Waals surface area contributed by atoms with Crippen LogP contribution in [0.1, 0.15) is 38.7 Å². The Morgan fingerprint density at radius 1 is 1.08 bits per heavy atom. The fraction of sp³-hybridized carbons (Fsp3) is 0.556. The Labute approximate surface area is 154 Å². The summed E-state index contributed by atoms with van der Waals surface area (Å²) in [5.41, 5.74) is 0.826. The number of carbonyl (C=O) groups excluding carboxylic acids is 2. The van der Waals surface area contributed by atoms with E-state index in [0.29, 0.717) is 19.5 Å². The van der Waals surface area contributed by atoms with Gasteiger partial charge in [0.05, 0.1) is 11.0 Å². The normalized spacial score (nSPS) is 15.2. The first-order valence-corrected chi connectivity index (χ1v) is 10.2. The van der Waals surface area contributed by atoms with Crippen molar-refractivity contribution in [3.05, 3.63) is 29.8 Å². The van der Waals surface area contributed by atoms with Gasteiger partial charge in [0, 0.05) is 19.5 Å². The number of rotatable bonds is 8. The highest BCUT2D eigenvalue weighted by molar-refractivity contribution is 7.89. The second-order valence-corrected chi connectivity index (χ2v) is 8.39. The van der Waals surface area contributed by atoms with Crippen LogP contribution in [0.3, 0.4) is 0 Å². The Morgan fingerprint density at radius 2 is 1.69 bits per heavy atom. The van der Waals surface area contributed by atoms with E-state index in [1.54, 1.807) is 38.1 Å². The van der Waals surface area contributed by atoms with Gasteiger partial charge in [0.25, 0.3) is 0 Å². The van der Waals surface area contributed by atoms with E-state index in [4.69, 9.17) is 9.47 Å². The molecule has 1 aliphatic heterocycles. The molecule has 0 atom stereocenters. The zero-order chi connectivity index (χ0) is 19.2. The molecule has 1 saturated heterocycles. The smallest absolute Gasteiger partial charge is 0.344 e. The summed E-state index contributed by atoms with van der Waals surface area (Å²) in [6, 6.07) is 6.52. The fourth-order valence-corrected chi connectivity index (χ4v) is 4.18. The maximum atomic E-state index is 12.4. The molecule has 0 unspecified atom stereocenters. The lowest BCUT2D eigenvalue weighted by molar-refractivity contribution is -0.161. The molecule has 0 spiro atoms. The highest BCUT2D eigenvalue weighted by Crippen LogP contribution is 2.21. The summed E-state index contributed by atoms with van der Waals surface area (Å²) in [5, 5.41) is 0. The molecule has 1 fully saturated rings. The highest BCUT2D eigenvalue weighted by Gasteiger charge is 2.26. The molecule has 7 nitrogen and oxygen atoms in total. The van der Waals surface area contributed by atoms with Crippen LogP contribution in [0.2, 0.25) is 0 Å². The summed E-state index contributed by atoms with van der Waals surface area (Å²) < 4.78 is 36.1.